The summed E-state index contributed by atoms with van der Waals surface area (Å²) < 4.78 is 10.7. The number of methoxy groups -OCH3 is 1. The topological polar surface area (TPSA) is 80.0 Å². The molecule has 1 unspecified atom stereocenters. The summed E-state index contributed by atoms with van der Waals surface area (Å²) in [5.41, 5.74) is 2.89. The van der Waals surface area contributed by atoms with E-state index in [2.05, 4.69) is 0 Å². The number of furan rings is 1. The van der Waals surface area contributed by atoms with Gasteiger partial charge in [0, 0.05) is 31.1 Å². The molecule has 25 heavy (non-hydrogen) atoms. The van der Waals surface area contributed by atoms with E-state index in [9.17, 15) is 14.7 Å². The quantitative estimate of drug-likeness (QED) is 0.901. The molecule has 0 aliphatic carbocycles. The number of carbonyl (C=O) groups excluding carboxylic acids is 1. The molecule has 1 aliphatic heterocycles. The van der Waals surface area contributed by atoms with Crippen molar-refractivity contribution in [2.75, 3.05) is 26.8 Å². The van der Waals surface area contributed by atoms with Crippen LogP contribution >= 0.6 is 0 Å². The van der Waals surface area contributed by atoms with Gasteiger partial charge in [-0.1, -0.05) is 0 Å². The number of benzene rings is 1. The number of carboxylic acids is 1. The van der Waals surface area contributed by atoms with Gasteiger partial charge in [-0.05, 0) is 43.5 Å². The normalized spacial score (nSPS) is 20.4. The van der Waals surface area contributed by atoms with Crippen LogP contribution in [0.4, 0.5) is 0 Å². The van der Waals surface area contributed by atoms with Crippen LogP contribution in [-0.2, 0) is 20.7 Å². The molecule has 0 saturated carbocycles. The first-order chi connectivity index (χ1) is 11.9. The second-order valence-corrected chi connectivity index (χ2v) is 6.95. The second kappa shape index (κ2) is 6.52. The minimum atomic E-state index is -1.00. The highest BCUT2D eigenvalue weighted by Crippen LogP contribution is 2.32. The van der Waals surface area contributed by atoms with Gasteiger partial charge in [-0.2, -0.15) is 0 Å². The van der Waals surface area contributed by atoms with Crippen LogP contribution < -0.4 is 0 Å². The Hall–Kier alpha value is -2.34. The molecule has 0 spiro atoms. The van der Waals surface area contributed by atoms with E-state index < -0.39 is 11.4 Å². The van der Waals surface area contributed by atoms with E-state index in [4.69, 9.17) is 9.15 Å². The van der Waals surface area contributed by atoms with Crippen molar-refractivity contribution in [1.82, 2.24) is 4.90 Å². The van der Waals surface area contributed by atoms with Gasteiger partial charge in [0.25, 0.3) is 0 Å². The Morgan fingerprint density at radius 3 is 2.72 bits per heavy atom. The number of carboxylic acid groups (broad SMARTS) is 1. The molecule has 2 aromatic rings. The number of aliphatic carboxylic acids is 1. The van der Waals surface area contributed by atoms with E-state index in [1.165, 1.54) is 7.11 Å². The van der Waals surface area contributed by atoms with Crippen molar-refractivity contribution >= 4 is 22.8 Å². The first-order valence-electron chi connectivity index (χ1n) is 8.34. The van der Waals surface area contributed by atoms with Crippen LogP contribution in [0.25, 0.3) is 11.0 Å². The third-order valence-corrected chi connectivity index (χ3v) is 5.19. The van der Waals surface area contributed by atoms with Crippen LogP contribution in [0.15, 0.2) is 22.8 Å². The summed E-state index contributed by atoms with van der Waals surface area (Å²) in [5.74, 6) is -0.996. The lowest BCUT2D eigenvalue weighted by molar-refractivity contribution is -0.151. The lowest BCUT2D eigenvalue weighted by Gasteiger charge is -2.23. The molecule has 0 bridgehead atoms. The number of ether oxygens (including phenoxy) is 1. The Kier molecular flexibility index (Phi) is 4.56. The van der Waals surface area contributed by atoms with Crippen LogP contribution in [0.1, 0.15) is 23.1 Å². The molecule has 1 N–H and O–H groups in total. The lowest BCUT2D eigenvalue weighted by atomic mass is 9.88. The Morgan fingerprint density at radius 2 is 2.04 bits per heavy atom. The molecular formula is C19H23NO5. The van der Waals surface area contributed by atoms with Crippen molar-refractivity contribution in [2.24, 2.45) is 5.41 Å². The summed E-state index contributed by atoms with van der Waals surface area (Å²) in [6, 6.07) is 4.01. The molecule has 0 radical (unpaired) electrons. The summed E-state index contributed by atoms with van der Waals surface area (Å²) in [6.45, 7) is 4.78. The molecule has 1 aromatic carbocycles. The molecule has 2 heterocycles. The van der Waals surface area contributed by atoms with Crippen molar-refractivity contribution in [3.05, 3.63) is 35.1 Å². The molecule has 1 aliphatic rings. The van der Waals surface area contributed by atoms with Crippen LogP contribution in [0.2, 0.25) is 0 Å². The number of rotatable bonds is 5. The number of nitrogens with zero attached hydrogens (tertiary/aromatic N) is 1. The van der Waals surface area contributed by atoms with Gasteiger partial charge in [0.2, 0.25) is 5.91 Å². The number of carbonyl (C=O) groups is 2. The fraction of sp³-hybridized carbons (Fsp3) is 0.474. The minimum Gasteiger partial charge on any atom is -0.481 e. The van der Waals surface area contributed by atoms with Crippen LogP contribution in [0.3, 0.4) is 0 Å². The Morgan fingerprint density at radius 1 is 1.32 bits per heavy atom. The molecular weight excluding hydrogens is 322 g/mol. The number of likely N-dealkylation sites (tertiary alicyclic amines) is 1. The van der Waals surface area contributed by atoms with Gasteiger partial charge >= 0.3 is 5.97 Å². The zero-order valence-corrected chi connectivity index (χ0v) is 14.8. The predicted molar refractivity (Wildman–Crippen MR) is 92.5 cm³/mol. The highest BCUT2D eigenvalue weighted by molar-refractivity contribution is 5.89. The van der Waals surface area contributed by atoms with Gasteiger partial charge in [-0.15, -0.1) is 0 Å². The molecule has 3 rings (SSSR count). The van der Waals surface area contributed by atoms with Gasteiger partial charge in [0.05, 0.1) is 19.3 Å². The third kappa shape index (κ3) is 3.14. The molecule has 134 valence electrons. The van der Waals surface area contributed by atoms with Crippen molar-refractivity contribution in [1.29, 1.82) is 0 Å². The summed E-state index contributed by atoms with van der Waals surface area (Å²) in [6.07, 6.45) is 2.24. The highest BCUT2D eigenvalue weighted by Gasteiger charge is 2.46. The lowest BCUT2D eigenvalue weighted by Crippen LogP contribution is -2.40. The maximum Gasteiger partial charge on any atom is 0.313 e. The molecule has 6 nitrogen and oxygen atoms in total. The fourth-order valence-corrected chi connectivity index (χ4v) is 3.46. The van der Waals surface area contributed by atoms with Gasteiger partial charge < -0.3 is 19.2 Å². The molecule has 1 saturated heterocycles. The van der Waals surface area contributed by atoms with Crippen molar-refractivity contribution < 1.29 is 23.8 Å². The van der Waals surface area contributed by atoms with Crippen molar-refractivity contribution in [3.8, 4) is 0 Å². The van der Waals surface area contributed by atoms with Crippen molar-refractivity contribution in [3.63, 3.8) is 0 Å². The van der Waals surface area contributed by atoms with Gasteiger partial charge in [0.15, 0.2) is 0 Å². The largest absolute Gasteiger partial charge is 0.481 e. The van der Waals surface area contributed by atoms with Crippen LogP contribution in [0, 0.1) is 19.3 Å². The number of aryl methyl sites for hydroxylation is 2. The van der Waals surface area contributed by atoms with Gasteiger partial charge in [-0.3, -0.25) is 9.59 Å². The highest BCUT2D eigenvalue weighted by atomic mass is 16.5. The number of amides is 1. The van der Waals surface area contributed by atoms with Gasteiger partial charge in [0.1, 0.15) is 11.0 Å². The van der Waals surface area contributed by atoms with E-state index in [1.807, 2.05) is 26.0 Å². The second-order valence-electron chi connectivity index (χ2n) is 6.95. The first-order valence-corrected chi connectivity index (χ1v) is 8.34. The maximum atomic E-state index is 12.7. The van der Waals surface area contributed by atoms with Crippen LogP contribution in [-0.4, -0.2) is 48.7 Å². The first kappa shape index (κ1) is 17.5. The standard InChI is InChI=1S/C19H23NO5/c1-12-6-15-14(9-25-16(15)7-13(12)2)8-17(21)20-5-4-19(10-20,11-24-3)18(22)23/h6-7,9H,4-5,8,10-11H2,1-3H3,(H,22,23). The molecule has 1 amide bonds. The predicted octanol–water partition coefficient (Wildman–Crippen LogP) is 2.54. The Bertz CT molecular complexity index is 825. The average Bonchev–Trinajstić information content (AvgIpc) is 3.15. The van der Waals surface area contributed by atoms with E-state index in [0.29, 0.717) is 13.0 Å². The fourth-order valence-electron chi connectivity index (χ4n) is 3.46. The zero-order chi connectivity index (χ0) is 18.2. The van der Waals surface area contributed by atoms with E-state index in [0.717, 1.165) is 27.7 Å². The Balaban J connectivity index is 1.77. The van der Waals surface area contributed by atoms with E-state index in [-0.39, 0.29) is 25.5 Å². The van der Waals surface area contributed by atoms with Crippen molar-refractivity contribution in [2.45, 2.75) is 26.7 Å². The SMILES string of the molecule is COCC1(C(=O)O)CCN(C(=O)Cc2coc3cc(C)c(C)cc23)C1. The minimum absolute atomic E-state index is 0.0832. The number of hydrogen-bond acceptors (Lipinski definition) is 4. The van der Waals surface area contributed by atoms with E-state index in [1.54, 1.807) is 11.2 Å². The number of hydrogen-bond donors (Lipinski definition) is 1. The van der Waals surface area contributed by atoms with E-state index >= 15 is 0 Å². The molecule has 1 fully saturated rings. The third-order valence-electron chi connectivity index (χ3n) is 5.19. The summed E-state index contributed by atoms with van der Waals surface area (Å²) in [7, 11) is 1.48. The van der Waals surface area contributed by atoms with Gasteiger partial charge in [-0.25, -0.2) is 0 Å². The monoisotopic (exact) mass is 345 g/mol. The summed E-state index contributed by atoms with van der Waals surface area (Å²) >= 11 is 0. The zero-order valence-electron chi connectivity index (χ0n) is 14.8. The smallest absolute Gasteiger partial charge is 0.313 e. The Labute approximate surface area is 146 Å². The molecule has 1 atom stereocenters. The number of fused-ring (bicyclic) bond motifs is 1. The van der Waals surface area contributed by atoms with Crippen LogP contribution in [0.5, 0.6) is 0 Å². The molecule has 6 heteroatoms. The summed E-state index contributed by atoms with van der Waals surface area (Å²) in [5, 5.41) is 10.5. The molecule has 1 aromatic heterocycles. The maximum absolute atomic E-state index is 12.7. The summed E-state index contributed by atoms with van der Waals surface area (Å²) in [4.78, 5) is 25.9. The average molecular weight is 345 g/mol.